The van der Waals surface area contributed by atoms with Crippen molar-refractivity contribution < 1.29 is 9.53 Å². The lowest BCUT2D eigenvalue weighted by Crippen LogP contribution is -2.02. The molecule has 0 aliphatic heterocycles. The topological polar surface area (TPSA) is 26.3 Å². The van der Waals surface area contributed by atoms with Gasteiger partial charge in [-0.1, -0.05) is 42.3 Å². The predicted octanol–water partition coefficient (Wildman–Crippen LogP) is 5.01. The largest absolute Gasteiger partial charge is 0.494 e. The molecule has 0 saturated carbocycles. The lowest BCUT2D eigenvalue weighted by molar-refractivity contribution is 0.103. The molecule has 2 rings (SSSR count). The Morgan fingerprint density at radius 2 is 1.80 bits per heavy atom. The number of hydrogen-bond acceptors (Lipinski definition) is 2. The standard InChI is InChI=1S/C16H14Cl2O2/c1-2-8-20-13-5-3-4-11(9-13)16(19)12-6-7-14(17)15(18)10-12/h3-7,9-10H,2,8H2,1H3. The number of ether oxygens (including phenoxy) is 1. The maximum atomic E-state index is 12.4. The van der Waals surface area contributed by atoms with Crippen LogP contribution < -0.4 is 4.74 Å². The second kappa shape index (κ2) is 6.78. The van der Waals surface area contributed by atoms with Gasteiger partial charge in [0.25, 0.3) is 0 Å². The smallest absolute Gasteiger partial charge is 0.193 e. The quantitative estimate of drug-likeness (QED) is 0.725. The van der Waals surface area contributed by atoms with E-state index in [4.69, 9.17) is 27.9 Å². The number of rotatable bonds is 5. The van der Waals surface area contributed by atoms with Crippen LogP contribution >= 0.6 is 23.2 Å². The van der Waals surface area contributed by atoms with Crippen molar-refractivity contribution >= 4 is 29.0 Å². The Hall–Kier alpha value is -1.51. The highest BCUT2D eigenvalue weighted by molar-refractivity contribution is 6.42. The summed E-state index contributed by atoms with van der Waals surface area (Å²) in [5.41, 5.74) is 1.07. The van der Waals surface area contributed by atoms with Gasteiger partial charge in [0.2, 0.25) is 0 Å². The van der Waals surface area contributed by atoms with Crippen LogP contribution in [0.1, 0.15) is 29.3 Å². The van der Waals surface area contributed by atoms with E-state index in [0.717, 1.165) is 6.42 Å². The van der Waals surface area contributed by atoms with Crippen LogP contribution in [0.4, 0.5) is 0 Å². The van der Waals surface area contributed by atoms with Gasteiger partial charge in [0.1, 0.15) is 5.75 Å². The highest BCUT2D eigenvalue weighted by Crippen LogP contribution is 2.24. The average Bonchev–Trinajstić information content (AvgIpc) is 2.47. The molecule has 0 fully saturated rings. The van der Waals surface area contributed by atoms with Crippen molar-refractivity contribution in [1.82, 2.24) is 0 Å². The Kier molecular flexibility index (Phi) is 5.05. The molecule has 0 saturated heterocycles. The third kappa shape index (κ3) is 3.53. The zero-order valence-electron chi connectivity index (χ0n) is 11.0. The average molecular weight is 309 g/mol. The van der Waals surface area contributed by atoms with E-state index in [9.17, 15) is 4.79 Å². The van der Waals surface area contributed by atoms with E-state index in [0.29, 0.717) is 33.5 Å². The molecule has 0 aliphatic rings. The maximum Gasteiger partial charge on any atom is 0.193 e. The predicted molar refractivity (Wildman–Crippen MR) is 82.1 cm³/mol. The van der Waals surface area contributed by atoms with E-state index in [-0.39, 0.29) is 5.78 Å². The fraction of sp³-hybridized carbons (Fsp3) is 0.188. The van der Waals surface area contributed by atoms with E-state index in [1.54, 1.807) is 36.4 Å². The first-order valence-corrected chi connectivity index (χ1v) is 7.10. The molecular formula is C16H14Cl2O2. The third-order valence-electron chi connectivity index (χ3n) is 2.75. The highest BCUT2D eigenvalue weighted by Gasteiger charge is 2.11. The van der Waals surface area contributed by atoms with E-state index in [1.807, 2.05) is 13.0 Å². The molecule has 0 heterocycles. The van der Waals surface area contributed by atoms with Crippen molar-refractivity contribution in [2.75, 3.05) is 6.61 Å². The minimum Gasteiger partial charge on any atom is -0.494 e. The van der Waals surface area contributed by atoms with E-state index < -0.39 is 0 Å². The lowest BCUT2D eigenvalue weighted by Gasteiger charge is -2.07. The van der Waals surface area contributed by atoms with Crippen LogP contribution in [-0.4, -0.2) is 12.4 Å². The maximum absolute atomic E-state index is 12.4. The molecule has 20 heavy (non-hydrogen) atoms. The van der Waals surface area contributed by atoms with Crippen molar-refractivity contribution in [2.24, 2.45) is 0 Å². The number of benzene rings is 2. The number of halogens is 2. The van der Waals surface area contributed by atoms with Gasteiger partial charge in [0.05, 0.1) is 16.7 Å². The number of hydrogen-bond donors (Lipinski definition) is 0. The molecule has 0 amide bonds. The summed E-state index contributed by atoms with van der Waals surface area (Å²) >= 11 is 11.8. The minimum absolute atomic E-state index is 0.106. The van der Waals surface area contributed by atoms with Crippen LogP contribution in [0.5, 0.6) is 5.75 Å². The normalized spacial score (nSPS) is 10.3. The van der Waals surface area contributed by atoms with Crippen molar-refractivity contribution in [3.8, 4) is 5.75 Å². The molecule has 0 aliphatic carbocycles. The van der Waals surface area contributed by atoms with E-state index in [1.165, 1.54) is 0 Å². The van der Waals surface area contributed by atoms with Crippen molar-refractivity contribution in [1.29, 1.82) is 0 Å². The Bertz CT molecular complexity index is 624. The summed E-state index contributed by atoms with van der Waals surface area (Å²) in [6.45, 7) is 2.66. The molecule has 0 radical (unpaired) electrons. The van der Waals surface area contributed by atoms with Gasteiger partial charge in [-0.15, -0.1) is 0 Å². The fourth-order valence-electron chi connectivity index (χ4n) is 1.75. The summed E-state index contributed by atoms with van der Waals surface area (Å²) in [6.07, 6.45) is 0.922. The minimum atomic E-state index is -0.106. The van der Waals surface area contributed by atoms with Crippen LogP contribution in [0, 0.1) is 0 Å². The van der Waals surface area contributed by atoms with Gasteiger partial charge in [-0.2, -0.15) is 0 Å². The Morgan fingerprint density at radius 1 is 1.05 bits per heavy atom. The summed E-state index contributed by atoms with van der Waals surface area (Å²) in [7, 11) is 0. The first-order chi connectivity index (χ1) is 9.61. The van der Waals surface area contributed by atoms with Crippen LogP contribution in [0.25, 0.3) is 0 Å². The van der Waals surface area contributed by atoms with Crippen molar-refractivity contribution in [3.63, 3.8) is 0 Å². The first kappa shape index (κ1) is 14.9. The molecule has 2 aromatic carbocycles. The molecule has 0 unspecified atom stereocenters. The fourth-order valence-corrected chi connectivity index (χ4v) is 2.05. The van der Waals surface area contributed by atoms with Gasteiger partial charge < -0.3 is 4.74 Å². The summed E-state index contributed by atoms with van der Waals surface area (Å²) in [6, 6.07) is 12.0. The molecule has 2 aromatic rings. The lowest BCUT2D eigenvalue weighted by atomic mass is 10.0. The third-order valence-corrected chi connectivity index (χ3v) is 3.49. The molecule has 0 N–H and O–H groups in total. The van der Waals surface area contributed by atoms with E-state index >= 15 is 0 Å². The van der Waals surface area contributed by atoms with Gasteiger partial charge >= 0.3 is 0 Å². The number of ketones is 1. The second-order valence-corrected chi connectivity index (χ2v) is 5.15. The zero-order valence-corrected chi connectivity index (χ0v) is 12.5. The van der Waals surface area contributed by atoms with Gasteiger partial charge in [-0.3, -0.25) is 4.79 Å². The first-order valence-electron chi connectivity index (χ1n) is 6.34. The van der Waals surface area contributed by atoms with Crippen molar-refractivity contribution in [3.05, 3.63) is 63.6 Å². The second-order valence-electron chi connectivity index (χ2n) is 4.33. The number of carbonyl (C=O) groups is 1. The van der Waals surface area contributed by atoms with Crippen LogP contribution in [0.15, 0.2) is 42.5 Å². The van der Waals surface area contributed by atoms with Crippen LogP contribution in [-0.2, 0) is 0 Å². The molecule has 2 nitrogen and oxygen atoms in total. The van der Waals surface area contributed by atoms with Gasteiger partial charge in [-0.05, 0) is 36.8 Å². The van der Waals surface area contributed by atoms with Gasteiger partial charge in [0, 0.05) is 11.1 Å². The molecular weight excluding hydrogens is 295 g/mol. The number of carbonyl (C=O) groups excluding carboxylic acids is 1. The summed E-state index contributed by atoms with van der Waals surface area (Å²) in [5, 5.41) is 0.805. The zero-order chi connectivity index (χ0) is 14.5. The Labute approximate surface area is 128 Å². The monoisotopic (exact) mass is 308 g/mol. The molecule has 0 atom stereocenters. The molecule has 0 spiro atoms. The van der Waals surface area contributed by atoms with Crippen LogP contribution in [0.2, 0.25) is 10.0 Å². The van der Waals surface area contributed by atoms with Crippen LogP contribution in [0.3, 0.4) is 0 Å². The van der Waals surface area contributed by atoms with E-state index in [2.05, 4.69) is 0 Å². The summed E-state index contributed by atoms with van der Waals surface area (Å²) in [4.78, 5) is 12.4. The van der Waals surface area contributed by atoms with Crippen molar-refractivity contribution in [2.45, 2.75) is 13.3 Å². The highest BCUT2D eigenvalue weighted by atomic mass is 35.5. The van der Waals surface area contributed by atoms with Gasteiger partial charge in [0.15, 0.2) is 5.78 Å². The SMILES string of the molecule is CCCOc1cccc(C(=O)c2ccc(Cl)c(Cl)c2)c1. The Balaban J connectivity index is 2.26. The van der Waals surface area contributed by atoms with Gasteiger partial charge in [-0.25, -0.2) is 0 Å². The summed E-state index contributed by atoms with van der Waals surface area (Å²) < 4.78 is 5.53. The molecule has 4 heteroatoms. The molecule has 104 valence electrons. The Morgan fingerprint density at radius 3 is 2.50 bits per heavy atom. The summed E-state index contributed by atoms with van der Waals surface area (Å²) in [5.74, 6) is 0.586. The molecule has 0 aromatic heterocycles. The molecule has 0 bridgehead atoms.